The molecule has 1 fully saturated rings. The summed E-state index contributed by atoms with van der Waals surface area (Å²) in [4.78, 5) is 6.54. The summed E-state index contributed by atoms with van der Waals surface area (Å²) >= 11 is 0. The van der Waals surface area contributed by atoms with Crippen LogP contribution >= 0.6 is 0 Å². The predicted octanol–water partition coefficient (Wildman–Crippen LogP) is 3.39. The average molecular weight is 330 g/mol. The van der Waals surface area contributed by atoms with E-state index in [9.17, 15) is 0 Å². The van der Waals surface area contributed by atoms with Gasteiger partial charge in [0.25, 0.3) is 0 Å². The van der Waals surface area contributed by atoms with Crippen LogP contribution in [0.4, 0.5) is 0 Å². The Balaban J connectivity index is 1.36. The van der Waals surface area contributed by atoms with Gasteiger partial charge in [-0.2, -0.15) is 5.10 Å². The molecule has 1 saturated heterocycles. The predicted molar refractivity (Wildman–Crippen MR) is 103 cm³/mol. The second kappa shape index (κ2) is 7.45. The topological polar surface area (TPSA) is 31.7 Å². The summed E-state index contributed by atoms with van der Waals surface area (Å²) in [7, 11) is 0. The Hall–Kier alpha value is -2.72. The largest absolute Gasteiger partial charge is 0.295 e. The molecular formula is C21H22N4. The normalized spacial score (nSPS) is 15.9. The molecule has 0 N–H and O–H groups in total. The molecule has 0 unspecified atom stereocenters. The standard InChI is InChI=1S/C21H22N4/c1-2-7-21-19(4-1)5-3-6-20(21)17-24-12-14-25(15-13-24)23-16-18-8-10-22-11-9-18/h1-11,16H,12-15,17H2. The summed E-state index contributed by atoms with van der Waals surface area (Å²) in [5.41, 5.74) is 2.50. The van der Waals surface area contributed by atoms with Crippen LogP contribution in [0.15, 0.2) is 72.1 Å². The molecule has 2 heterocycles. The molecule has 4 heteroatoms. The number of fused-ring (bicyclic) bond motifs is 1. The zero-order valence-electron chi connectivity index (χ0n) is 14.3. The molecule has 25 heavy (non-hydrogen) atoms. The number of pyridine rings is 1. The highest BCUT2D eigenvalue weighted by Gasteiger charge is 2.16. The van der Waals surface area contributed by atoms with Gasteiger partial charge in [-0.15, -0.1) is 0 Å². The molecule has 1 aromatic heterocycles. The molecule has 0 saturated carbocycles. The summed E-state index contributed by atoms with van der Waals surface area (Å²) < 4.78 is 0. The Morgan fingerprint density at radius 1 is 0.880 bits per heavy atom. The van der Waals surface area contributed by atoms with E-state index < -0.39 is 0 Å². The van der Waals surface area contributed by atoms with Crippen LogP contribution in [0.25, 0.3) is 10.8 Å². The van der Waals surface area contributed by atoms with Crippen molar-refractivity contribution in [2.45, 2.75) is 6.54 Å². The van der Waals surface area contributed by atoms with E-state index >= 15 is 0 Å². The Bertz CT molecular complexity index is 847. The van der Waals surface area contributed by atoms with Crippen LogP contribution in [-0.2, 0) is 6.54 Å². The molecule has 0 bridgehead atoms. The second-order valence-electron chi connectivity index (χ2n) is 6.39. The van der Waals surface area contributed by atoms with Crippen LogP contribution < -0.4 is 0 Å². The Morgan fingerprint density at radius 2 is 1.64 bits per heavy atom. The van der Waals surface area contributed by atoms with E-state index in [0.717, 1.165) is 38.3 Å². The van der Waals surface area contributed by atoms with Crippen molar-refractivity contribution in [3.05, 3.63) is 78.1 Å². The average Bonchev–Trinajstić information content (AvgIpc) is 2.69. The molecule has 2 aromatic carbocycles. The summed E-state index contributed by atoms with van der Waals surface area (Å²) in [6.45, 7) is 5.01. The summed E-state index contributed by atoms with van der Waals surface area (Å²) in [5, 5.41) is 9.44. The number of rotatable bonds is 4. The number of hydrogen-bond donors (Lipinski definition) is 0. The lowest BCUT2D eigenvalue weighted by molar-refractivity contribution is 0.131. The number of hydrazone groups is 1. The highest BCUT2D eigenvalue weighted by Crippen LogP contribution is 2.20. The van der Waals surface area contributed by atoms with Gasteiger partial charge in [-0.1, -0.05) is 42.5 Å². The fourth-order valence-electron chi connectivity index (χ4n) is 3.28. The molecule has 0 aliphatic carbocycles. The summed E-state index contributed by atoms with van der Waals surface area (Å²) in [6, 6.07) is 19.2. The summed E-state index contributed by atoms with van der Waals surface area (Å²) in [6.07, 6.45) is 5.51. The van der Waals surface area contributed by atoms with Crippen LogP contribution in [0.5, 0.6) is 0 Å². The van der Waals surface area contributed by atoms with E-state index in [-0.39, 0.29) is 0 Å². The first-order valence-corrected chi connectivity index (χ1v) is 8.76. The Morgan fingerprint density at radius 3 is 2.48 bits per heavy atom. The first-order chi connectivity index (χ1) is 12.4. The highest BCUT2D eigenvalue weighted by atomic mass is 15.5. The molecular weight excluding hydrogens is 308 g/mol. The minimum atomic E-state index is 0.965. The van der Waals surface area contributed by atoms with E-state index in [4.69, 9.17) is 0 Å². The van der Waals surface area contributed by atoms with Crippen LogP contribution in [-0.4, -0.2) is 47.3 Å². The zero-order valence-corrected chi connectivity index (χ0v) is 14.3. The molecule has 1 aliphatic heterocycles. The monoisotopic (exact) mass is 330 g/mol. The van der Waals surface area contributed by atoms with Crippen molar-refractivity contribution in [3.8, 4) is 0 Å². The van der Waals surface area contributed by atoms with Gasteiger partial charge in [-0.25, -0.2) is 0 Å². The van der Waals surface area contributed by atoms with E-state index in [0.29, 0.717) is 0 Å². The molecule has 0 radical (unpaired) electrons. The van der Waals surface area contributed by atoms with Crippen molar-refractivity contribution >= 4 is 17.0 Å². The van der Waals surface area contributed by atoms with Gasteiger partial charge in [-0.3, -0.25) is 14.9 Å². The third-order valence-corrected chi connectivity index (χ3v) is 4.70. The molecule has 126 valence electrons. The number of piperazine rings is 1. The van der Waals surface area contributed by atoms with Crippen molar-refractivity contribution < 1.29 is 0 Å². The minimum absolute atomic E-state index is 0.965. The maximum absolute atomic E-state index is 4.60. The van der Waals surface area contributed by atoms with Crippen LogP contribution in [0.1, 0.15) is 11.1 Å². The lowest BCUT2D eigenvalue weighted by Crippen LogP contribution is -2.43. The first kappa shape index (κ1) is 15.8. The number of hydrogen-bond acceptors (Lipinski definition) is 4. The molecule has 4 rings (SSSR count). The fraction of sp³-hybridized carbons (Fsp3) is 0.238. The van der Waals surface area contributed by atoms with Crippen molar-refractivity contribution in [1.82, 2.24) is 14.9 Å². The molecule has 0 spiro atoms. The lowest BCUT2D eigenvalue weighted by Gasteiger charge is -2.33. The van der Waals surface area contributed by atoms with Gasteiger partial charge < -0.3 is 0 Å². The highest BCUT2D eigenvalue weighted by molar-refractivity contribution is 5.85. The van der Waals surface area contributed by atoms with E-state index in [1.807, 2.05) is 18.3 Å². The van der Waals surface area contributed by atoms with E-state index in [1.165, 1.54) is 16.3 Å². The third kappa shape index (κ3) is 3.86. The smallest absolute Gasteiger partial charge is 0.0544 e. The van der Waals surface area contributed by atoms with Gasteiger partial charge in [-0.05, 0) is 34.0 Å². The van der Waals surface area contributed by atoms with Crippen LogP contribution in [0, 0.1) is 0 Å². The molecule has 4 nitrogen and oxygen atoms in total. The SMILES string of the molecule is C(=NN1CCN(Cc2cccc3ccccc23)CC1)c1ccncc1. The molecule has 3 aromatic rings. The van der Waals surface area contributed by atoms with Crippen molar-refractivity contribution in [2.24, 2.45) is 5.10 Å². The van der Waals surface area contributed by atoms with Gasteiger partial charge in [0.2, 0.25) is 0 Å². The second-order valence-corrected chi connectivity index (χ2v) is 6.39. The zero-order chi connectivity index (χ0) is 16.9. The lowest BCUT2D eigenvalue weighted by atomic mass is 10.0. The van der Waals surface area contributed by atoms with Crippen LogP contribution in [0.2, 0.25) is 0 Å². The van der Waals surface area contributed by atoms with Gasteiger partial charge >= 0.3 is 0 Å². The van der Waals surface area contributed by atoms with E-state index in [2.05, 4.69) is 62.5 Å². The number of benzene rings is 2. The molecule has 0 amide bonds. The molecule has 1 aliphatic rings. The van der Waals surface area contributed by atoms with Crippen molar-refractivity contribution in [3.63, 3.8) is 0 Å². The maximum Gasteiger partial charge on any atom is 0.0544 e. The van der Waals surface area contributed by atoms with Crippen molar-refractivity contribution in [2.75, 3.05) is 26.2 Å². The maximum atomic E-state index is 4.60. The third-order valence-electron chi connectivity index (χ3n) is 4.70. The quantitative estimate of drug-likeness (QED) is 0.687. The van der Waals surface area contributed by atoms with Gasteiger partial charge in [0, 0.05) is 45.1 Å². The van der Waals surface area contributed by atoms with Gasteiger partial charge in [0.1, 0.15) is 0 Å². The fourth-order valence-corrected chi connectivity index (χ4v) is 3.28. The first-order valence-electron chi connectivity index (χ1n) is 8.76. The Kier molecular flexibility index (Phi) is 4.70. The number of aromatic nitrogens is 1. The number of nitrogens with zero attached hydrogens (tertiary/aromatic N) is 4. The Labute approximate surface area is 148 Å². The van der Waals surface area contributed by atoms with Crippen LogP contribution in [0.3, 0.4) is 0 Å². The van der Waals surface area contributed by atoms with Crippen molar-refractivity contribution in [1.29, 1.82) is 0 Å². The van der Waals surface area contributed by atoms with E-state index in [1.54, 1.807) is 12.4 Å². The van der Waals surface area contributed by atoms with Gasteiger partial charge in [0.05, 0.1) is 6.21 Å². The van der Waals surface area contributed by atoms with Gasteiger partial charge in [0.15, 0.2) is 0 Å². The summed E-state index contributed by atoms with van der Waals surface area (Å²) in [5.74, 6) is 0. The molecule has 0 atom stereocenters. The minimum Gasteiger partial charge on any atom is -0.295 e.